The second-order valence-electron chi connectivity index (χ2n) is 7.64. The van der Waals surface area contributed by atoms with Crippen molar-refractivity contribution in [1.29, 1.82) is 0 Å². The quantitative estimate of drug-likeness (QED) is 0.406. The zero-order valence-electron chi connectivity index (χ0n) is 17.3. The number of benzene rings is 2. The molecule has 0 unspecified atom stereocenters. The van der Waals surface area contributed by atoms with Gasteiger partial charge in [-0.2, -0.15) is 0 Å². The third-order valence-electron chi connectivity index (χ3n) is 5.43. The van der Waals surface area contributed by atoms with Crippen LogP contribution < -0.4 is 11.2 Å². The molecular weight excluding hydrogens is 426 g/mol. The zero-order chi connectivity index (χ0) is 22.9. The van der Waals surface area contributed by atoms with Crippen molar-refractivity contribution in [3.63, 3.8) is 0 Å². The minimum absolute atomic E-state index is 0.0724. The molecule has 9 nitrogen and oxygen atoms in total. The van der Waals surface area contributed by atoms with Crippen LogP contribution in [0, 0.1) is 11.8 Å². The molecule has 1 fully saturated rings. The SMILES string of the molecule is O=c1[nH]c(=O)n([C@H]2C[C@H](O)[C@@H](CO)O2)cc1C#Cc1ccc(-c2nc3ccccc3o2)cc1. The zero-order valence-corrected chi connectivity index (χ0v) is 17.3. The number of hydrogen-bond acceptors (Lipinski definition) is 7. The Labute approximate surface area is 186 Å². The number of aliphatic hydroxyl groups is 2. The molecule has 3 N–H and O–H groups in total. The van der Waals surface area contributed by atoms with Crippen LogP contribution in [-0.2, 0) is 4.74 Å². The molecule has 5 rings (SSSR count). The van der Waals surface area contributed by atoms with Crippen LogP contribution in [0.5, 0.6) is 0 Å². The highest BCUT2D eigenvalue weighted by Gasteiger charge is 2.35. The number of rotatable bonds is 3. The van der Waals surface area contributed by atoms with Crippen LogP contribution in [-0.4, -0.2) is 43.6 Å². The number of aliphatic hydroxyl groups excluding tert-OH is 2. The molecule has 1 saturated heterocycles. The molecule has 4 aromatic rings. The van der Waals surface area contributed by atoms with Crippen molar-refractivity contribution in [3.8, 4) is 23.3 Å². The highest BCUT2D eigenvalue weighted by Crippen LogP contribution is 2.27. The summed E-state index contributed by atoms with van der Waals surface area (Å²) in [4.78, 5) is 31.1. The van der Waals surface area contributed by atoms with Gasteiger partial charge in [-0.25, -0.2) is 9.78 Å². The predicted octanol–water partition coefficient (Wildman–Crippen LogP) is 1.39. The first kappa shape index (κ1) is 20.9. The fraction of sp³-hybridized carbons (Fsp3) is 0.208. The van der Waals surface area contributed by atoms with Gasteiger partial charge >= 0.3 is 5.69 Å². The van der Waals surface area contributed by atoms with Crippen LogP contribution in [0.1, 0.15) is 23.8 Å². The lowest BCUT2D eigenvalue weighted by molar-refractivity contribution is -0.0459. The summed E-state index contributed by atoms with van der Waals surface area (Å²) in [5.41, 5.74) is 1.69. The van der Waals surface area contributed by atoms with Gasteiger partial charge in [0.25, 0.3) is 5.56 Å². The van der Waals surface area contributed by atoms with E-state index >= 15 is 0 Å². The molecule has 0 radical (unpaired) electrons. The first-order chi connectivity index (χ1) is 16.0. The van der Waals surface area contributed by atoms with Crippen molar-refractivity contribution in [2.75, 3.05) is 6.61 Å². The van der Waals surface area contributed by atoms with Crippen molar-refractivity contribution >= 4 is 11.1 Å². The van der Waals surface area contributed by atoms with E-state index in [4.69, 9.17) is 9.15 Å². The molecule has 0 aliphatic carbocycles. The van der Waals surface area contributed by atoms with Crippen molar-refractivity contribution in [2.24, 2.45) is 0 Å². The van der Waals surface area contributed by atoms with Gasteiger partial charge in [0.15, 0.2) is 5.58 Å². The molecule has 2 aromatic carbocycles. The van der Waals surface area contributed by atoms with E-state index in [0.29, 0.717) is 17.0 Å². The van der Waals surface area contributed by atoms with Crippen molar-refractivity contribution < 1.29 is 19.4 Å². The van der Waals surface area contributed by atoms with E-state index in [1.54, 1.807) is 12.1 Å². The van der Waals surface area contributed by atoms with E-state index in [1.165, 1.54) is 10.8 Å². The largest absolute Gasteiger partial charge is 0.436 e. The summed E-state index contributed by atoms with van der Waals surface area (Å²) < 4.78 is 12.4. The molecule has 9 heteroatoms. The summed E-state index contributed by atoms with van der Waals surface area (Å²) in [5, 5.41) is 19.2. The Bertz CT molecular complexity index is 1460. The number of hydrogen-bond donors (Lipinski definition) is 3. The normalized spacial score (nSPS) is 20.0. The van der Waals surface area contributed by atoms with Gasteiger partial charge in [-0.15, -0.1) is 0 Å². The fourth-order valence-electron chi connectivity index (χ4n) is 3.67. The van der Waals surface area contributed by atoms with Gasteiger partial charge in [0, 0.05) is 23.7 Å². The molecule has 2 aromatic heterocycles. The number of fused-ring (bicyclic) bond motifs is 1. The summed E-state index contributed by atoms with van der Waals surface area (Å²) in [5.74, 6) is 6.18. The fourth-order valence-corrected chi connectivity index (χ4v) is 3.67. The lowest BCUT2D eigenvalue weighted by Gasteiger charge is -2.14. The van der Waals surface area contributed by atoms with Crippen LogP contribution in [0.3, 0.4) is 0 Å². The topological polar surface area (TPSA) is 131 Å². The molecule has 1 aliphatic heterocycles. The highest BCUT2D eigenvalue weighted by molar-refractivity contribution is 5.76. The molecule has 3 atom stereocenters. The molecule has 0 saturated carbocycles. The molecule has 1 aliphatic rings. The highest BCUT2D eigenvalue weighted by atomic mass is 16.5. The molecule has 33 heavy (non-hydrogen) atoms. The number of aromatic amines is 1. The maximum Gasteiger partial charge on any atom is 0.330 e. The summed E-state index contributed by atoms with van der Waals surface area (Å²) in [6, 6.07) is 14.7. The van der Waals surface area contributed by atoms with Gasteiger partial charge in [0.2, 0.25) is 5.89 Å². The molecule has 0 bridgehead atoms. The van der Waals surface area contributed by atoms with Crippen molar-refractivity contribution in [3.05, 3.63) is 86.7 Å². The van der Waals surface area contributed by atoms with Crippen LogP contribution in [0.25, 0.3) is 22.6 Å². The van der Waals surface area contributed by atoms with Crippen LogP contribution in [0.15, 0.2) is 68.7 Å². The van der Waals surface area contributed by atoms with E-state index in [1.807, 2.05) is 36.4 Å². The lowest BCUT2D eigenvalue weighted by Crippen LogP contribution is -2.33. The second kappa shape index (κ2) is 8.52. The molecule has 166 valence electrons. The first-order valence-electron chi connectivity index (χ1n) is 10.3. The standard InChI is InChI=1S/C24H19N3O6/c28-13-20-18(29)11-21(32-20)27-12-16(22(30)26-24(27)31)10-7-14-5-8-15(9-6-14)23-25-17-3-1-2-4-19(17)33-23/h1-6,8-9,12,18,20-21,28-29H,11,13H2,(H,26,30,31)/t18-,20+,21+/m0/s1. The Morgan fingerprint density at radius 1 is 1.12 bits per heavy atom. The Hall–Kier alpha value is -3.97. The summed E-state index contributed by atoms with van der Waals surface area (Å²) in [6.45, 7) is -0.373. The Morgan fingerprint density at radius 2 is 1.91 bits per heavy atom. The predicted molar refractivity (Wildman–Crippen MR) is 118 cm³/mol. The first-order valence-corrected chi connectivity index (χ1v) is 10.3. The maximum atomic E-state index is 12.2. The van der Waals surface area contributed by atoms with E-state index in [2.05, 4.69) is 21.8 Å². The minimum atomic E-state index is -0.909. The smallest absolute Gasteiger partial charge is 0.330 e. The van der Waals surface area contributed by atoms with Crippen LogP contribution >= 0.6 is 0 Å². The van der Waals surface area contributed by atoms with Gasteiger partial charge < -0.3 is 19.4 Å². The Kier molecular flexibility index (Phi) is 5.40. The van der Waals surface area contributed by atoms with Gasteiger partial charge in [0.1, 0.15) is 23.4 Å². The molecule has 3 heterocycles. The summed E-state index contributed by atoms with van der Waals surface area (Å²) in [6.07, 6.45) is -1.09. The van der Waals surface area contributed by atoms with E-state index in [0.717, 1.165) is 11.1 Å². The van der Waals surface area contributed by atoms with Gasteiger partial charge in [0.05, 0.1) is 12.7 Å². The minimum Gasteiger partial charge on any atom is -0.436 e. The Balaban J connectivity index is 1.40. The Morgan fingerprint density at radius 3 is 2.64 bits per heavy atom. The van der Waals surface area contributed by atoms with E-state index in [9.17, 15) is 19.8 Å². The molecule has 0 amide bonds. The summed E-state index contributed by atoms with van der Waals surface area (Å²) in [7, 11) is 0. The number of aromatic nitrogens is 3. The number of nitrogens with one attached hydrogen (secondary N) is 1. The number of nitrogens with zero attached hydrogens (tertiary/aromatic N) is 2. The lowest BCUT2D eigenvalue weighted by atomic mass is 10.1. The average Bonchev–Trinajstić information content (AvgIpc) is 3.42. The average molecular weight is 445 g/mol. The van der Waals surface area contributed by atoms with E-state index in [-0.39, 0.29) is 18.6 Å². The van der Waals surface area contributed by atoms with Crippen molar-refractivity contribution in [1.82, 2.24) is 14.5 Å². The number of oxazole rings is 1. The van der Waals surface area contributed by atoms with Gasteiger partial charge in [-0.05, 0) is 36.4 Å². The molecular formula is C24H19N3O6. The maximum absolute atomic E-state index is 12.2. The van der Waals surface area contributed by atoms with Crippen LogP contribution in [0.4, 0.5) is 0 Å². The second-order valence-corrected chi connectivity index (χ2v) is 7.64. The van der Waals surface area contributed by atoms with Crippen LogP contribution in [0.2, 0.25) is 0 Å². The van der Waals surface area contributed by atoms with E-state index < -0.39 is 29.7 Å². The number of ether oxygens (including phenoxy) is 1. The molecule has 0 spiro atoms. The third-order valence-corrected chi connectivity index (χ3v) is 5.43. The van der Waals surface area contributed by atoms with Gasteiger partial charge in [-0.1, -0.05) is 24.0 Å². The number of H-pyrrole nitrogens is 1. The van der Waals surface area contributed by atoms with Gasteiger partial charge in [-0.3, -0.25) is 14.3 Å². The third kappa shape index (κ3) is 4.10. The monoisotopic (exact) mass is 445 g/mol. The summed E-state index contributed by atoms with van der Waals surface area (Å²) >= 11 is 0. The van der Waals surface area contributed by atoms with Crippen molar-refractivity contribution in [2.45, 2.75) is 24.9 Å². The number of para-hydroxylation sites is 2.